The van der Waals surface area contributed by atoms with Crippen LogP contribution in [0.15, 0.2) is 0 Å². The Labute approximate surface area is 86.2 Å². The molecule has 2 aliphatic carbocycles. The van der Waals surface area contributed by atoms with Crippen molar-refractivity contribution in [2.45, 2.75) is 25.4 Å². The lowest BCUT2D eigenvalue weighted by Gasteiger charge is -2.35. The van der Waals surface area contributed by atoms with Crippen molar-refractivity contribution in [2.24, 2.45) is 11.3 Å². The molecule has 1 spiro atoms. The van der Waals surface area contributed by atoms with Crippen LogP contribution in [-0.4, -0.2) is 40.0 Å². The van der Waals surface area contributed by atoms with Gasteiger partial charge in [0.05, 0.1) is 12.7 Å². The Kier molecular flexibility index (Phi) is 3.10. The van der Waals surface area contributed by atoms with Crippen LogP contribution in [0.4, 0.5) is 0 Å². The van der Waals surface area contributed by atoms with Gasteiger partial charge in [0, 0.05) is 20.8 Å². The summed E-state index contributed by atoms with van der Waals surface area (Å²) in [4.78, 5) is 0. The van der Waals surface area contributed by atoms with Gasteiger partial charge in [-0.25, -0.2) is 0 Å². The van der Waals surface area contributed by atoms with Gasteiger partial charge in [-0.15, -0.1) is 0 Å². The van der Waals surface area contributed by atoms with Crippen molar-refractivity contribution < 1.29 is 9.47 Å². The zero-order valence-corrected chi connectivity index (χ0v) is 9.21. The summed E-state index contributed by atoms with van der Waals surface area (Å²) >= 11 is 0. The average molecular weight is 199 g/mol. The number of methoxy groups -OCH3 is 2. The number of rotatable bonds is 6. The van der Waals surface area contributed by atoms with Gasteiger partial charge in [-0.3, -0.25) is 0 Å². The third-order valence-electron chi connectivity index (χ3n) is 3.83. The van der Waals surface area contributed by atoms with E-state index in [2.05, 4.69) is 5.32 Å². The van der Waals surface area contributed by atoms with E-state index in [4.69, 9.17) is 9.47 Å². The standard InChI is InChI=1S/C11H21NO2/c1-13-4-3-12-8-9-5-11(9)6-10(7-11)14-2/h9-10,12H,3-8H2,1-2H3. The smallest absolute Gasteiger partial charge is 0.0587 e. The van der Waals surface area contributed by atoms with Crippen molar-refractivity contribution in [1.82, 2.24) is 5.32 Å². The van der Waals surface area contributed by atoms with Crippen LogP contribution in [-0.2, 0) is 9.47 Å². The molecular formula is C11H21NO2. The molecule has 2 aliphatic rings. The molecule has 14 heavy (non-hydrogen) atoms. The monoisotopic (exact) mass is 199 g/mol. The molecule has 0 saturated heterocycles. The highest BCUT2D eigenvalue weighted by Gasteiger charge is 2.61. The maximum absolute atomic E-state index is 5.31. The minimum atomic E-state index is 0.555. The molecule has 2 saturated carbocycles. The summed E-state index contributed by atoms with van der Waals surface area (Å²) in [6, 6.07) is 0. The van der Waals surface area contributed by atoms with Crippen molar-refractivity contribution >= 4 is 0 Å². The van der Waals surface area contributed by atoms with Gasteiger partial charge < -0.3 is 14.8 Å². The Morgan fingerprint density at radius 3 is 2.71 bits per heavy atom. The number of hydrogen-bond donors (Lipinski definition) is 1. The lowest BCUT2D eigenvalue weighted by atomic mass is 9.77. The molecule has 82 valence electrons. The van der Waals surface area contributed by atoms with Crippen LogP contribution in [0, 0.1) is 11.3 Å². The summed E-state index contributed by atoms with van der Waals surface area (Å²) in [5, 5.41) is 3.44. The first kappa shape index (κ1) is 10.4. The minimum absolute atomic E-state index is 0.555. The van der Waals surface area contributed by atoms with Gasteiger partial charge in [-0.05, 0) is 37.1 Å². The van der Waals surface area contributed by atoms with E-state index in [1.807, 2.05) is 7.11 Å². The fourth-order valence-corrected chi connectivity index (χ4v) is 2.68. The van der Waals surface area contributed by atoms with Gasteiger partial charge in [-0.2, -0.15) is 0 Å². The first-order valence-electron chi connectivity index (χ1n) is 5.53. The Morgan fingerprint density at radius 1 is 1.29 bits per heavy atom. The molecule has 3 heteroatoms. The Morgan fingerprint density at radius 2 is 2.07 bits per heavy atom. The minimum Gasteiger partial charge on any atom is -0.383 e. The first-order valence-corrected chi connectivity index (χ1v) is 5.53. The van der Waals surface area contributed by atoms with Crippen LogP contribution < -0.4 is 5.32 Å². The largest absolute Gasteiger partial charge is 0.383 e. The Balaban J connectivity index is 1.55. The van der Waals surface area contributed by atoms with Crippen molar-refractivity contribution in [1.29, 1.82) is 0 Å². The fourth-order valence-electron chi connectivity index (χ4n) is 2.68. The maximum Gasteiger partial charge on any atom is 0.0587 e. The predicted molar refractivity (Wildman–Crippen MR) is 55.3 cm³/mol. The quantitative estimate of drug-likeness (QED) is 0.648. The highest BCUT2D eigenvalue weighted by atomic mass is 16.5. The lowest BCUT2D eigenvalue weighted by Crippen LogP contribution is -2.35. The molecule has 0 amide bonds. The van der Waals surface area contributed by atoms with Gasteiger partial charge in [0.1, 0.15) is 0 Å². The summed E-state index contributed by atoms with van der Waals surface area (Å²) < 4.78 is 10.3. The molecule has 1 unspecified atom stereocenters. The highest BCUT2D eigenvalue weighted by Crippen LogP contribution is 2.65. The van der Waals surface area contributed by atoms with Crippen LogP contribution in [0.2, 0.25) is 0 Å². The second-order valence-electron chi connectivity index (χ2n) is 4.73. The van der Waals surface area contributed by atoms with E-state index < -0.39 is 0 Å². The van der Waals surface area contributed by atoms with E-state index in [-0.39, 0.29) is 0 Å². The van der Waals surface area contributed by atoms with E-state index in [0.29, 0.717) is 11.5 Å². The van der Waals surface area contributed by atoms with E-state index in [1.54, 1.807) is 7.11 Å². The van der Waals surface area contributed by atoms with E-state index >= 15 is 0 Å². The first-order chi connectivity index (χ1) is 6.80. The molecule has 2 rings (SSSR count). The summed E-state index contributed by atoms with van der Waals surface area (Å²) in [6.07, 6.45) is 4.55. The Bertz CT molecular complexity index is 190. The molecule has 1 atom stereocenters. The molecule has 2 fully saturated rings. The zero-order chi connectivity index (χ0) is 10.0. The maximum atomic E-state index is 5.31. The molecule has 3 nitrogen and oxygen atoms in total. The van der Waals surface area contributed by atoms with Gasteiger partial charge >= 0.3 is 0 Å². The average Bonchev–Trinajstić information content (AvgIpc) is 2.84. The Hall–Kier alpha value is -0.120. The van der Waals surface area contributed by atoms with Gasteiger partial charge in [-0.1, -0.05) is 0 Å². The summed E-state index contributed by atoms with van der Waals surface area (Å²) in [6.45, 7) is 2.97. The molecule has 0 heterocycles. The van der Waals surface area contributed by atoms with Crippen LogP contribution in [0.5, 0.6) is 0 Å². The van der Waals surface area contributed by atoms with Gasteiger partial charge in [0.15, 0.2) is 0 Å². The molecule has 0 aromatic rings. The van der Waals surface area contributed by atoms with E-state index in [1.165, 1.54) is 25.8 Å². The second kappa shape index (κ2) is 4.17. The van der Waals surface area contributed by atoms with Crippen LogP contribution in [0.3, 0.4) is 0 Å². The van der Waals surface area contributed by atoms with Crippen LogP contribution in [0.25, 0.3) is 0 Å². The number of ether oxygens (including phenoxy) is 2. The zero-order valence-electron chi connectivity index (χ0n) is 9.21. The molecule has 0 aromatic heterocycles. The topological polar surface area (TPSA) is 30.5 Å². The summed E-state index contributed by atoms with van der Waals surface area (Å²) in [7, 11) is 3.57. The third-order valence-corrected chi connectivity index (χ3v) is 3.83. The fraction of sp³-hybridized carbons (Fsp3) is 1.00. The number of nitrogens with one attached hydrogen (secondary N) is 1. The van der Waals surface area contributed by atoms with Crippen molar-refractivity contribution in [3.63, 3.8) is 0 Å². The van der Waals surface area contributed by atoms with E-state index in [0.717, 1.165) is 19.1 Å². The van der Waals surface area contributed by atoms with Crippen molar-refractivity contribution in [3.8, 4) is 0 Å². The molecule has 0 bridgehead atoms. The van der Waals surface area contributed by atoms with Crippen LogP contribution in [0.1, 0.15) is 19.3 Å². The SMILES string of the molecule is COCCNCC1CC12CC(OC)C2. The molecule has 0 aromatic carbocycles. The van der Waals surface area contributed by atoms with Crippen molar-refractivity contribution in [3.05, 3.63) is 0 Å². The number of hydrogen-bond acceptors (Lipinski definition) is 3. The van der Waals surface area contributed by atoms with Gasteiger partial charge in [0.25, 0.3) is 0 Å². The summed E-state index contributed by atoms with van der Waals surface area (Å²) in [5.41, 5.74) is 0.681. The third kappa shape index (κ3) is 1.95. The van der Waals surface area contributed by atoms with E-state index in [9.17, 15) is 0 Å². The molecular weight excluding hydrogens is 178 g/mol. The molecule has 0 aliphatic heterocycles. The van der Waals surface area contributed by atoms with Crippen molar-refractivity contribution in [2.75, 3.05) is 33.9 Å². The molecule has 1 N–H and O–H groups in total. The molecule has 0 radical (unpaired) electrons. The lowest BCUT2D eigenvalue weighted by molar-refractivity contribution is -0.0170. The highest BCUT2D eigenvalue weighted by molar-refractivity contribution is 5.11. The second-order valence-corrected chi connectivity index (χ2v) is 4.73. The normalized spacial score (nSPS) is 39.9. The summed E-state index contributed by atoms with van der Waals surface area (Å²) in [5.74, 6) is 0.908. The predicted octanol–water partition coefficient (Wildman–Crippen LogP) is 1.04. The van der Waals surface area contributed by atoms with Gasteiger partial charge in [0.2, 0.25) is 0 Å². The van der Waals surface area contributed by atoms with Crippen LogP contribution >= 0.6 is 0 Å².